The topological polar surface area (TPSA) is 0 Å². The number of fused-ring (bicyclic) bond motifs is 2. The molecule has 4 aliphatic rings. The van der Waals surface area contributed by atoms with Gasteiger partial charge >= 0.3 is 0 Å². The van der Waals surface area contributed by atoms with E-state index in [0.29, 0.717) is 5.41 Å². The zero-order chi connectivity index (χ0) is 16.6. The molecule has 0 heterocycles. The summed E-state index contributed by atoms with van der Waals surface area (Å²) in [6, 6.07) is 0. The maximum Gasteiger partial charge on any atom is -0.0323 e. The van der Waals surface area contributed by atoms with Crippen LogP contribution in [0.4, 0.5) is 0 Å². The largest absolute Gasteiger partial charge is 0.0596 e. The van der Waals surface area contributed by atoms with Gasteiger partial charge in [-0.25, -0.2) is 0 Å². The van der Waals surface area contributed by atoms with E-state index in [2.05, 4.69) is 13.8 Å². The standard InChI is InChI=1S/C24H42/c1-24(2,23-14-13-20-8-4-6-10-22(20)16-23)17-18-11-12-19-7-3-5-9-21(19)15-18/h18-23H,3-17H2,1-2H3. The lowest BCUT2D eigenvalue weighted by Crippen LogP contribution is -2.37. The van der Waals surface area contributed by atoms with E-state index in [-0.39, 0.29) is 0 Å². The molecule has 0 aromatic carbocycles. The van der Waals surface area contributed by atoms with Crippen LogP contribution in [0.1, 0.15) is 110 Å². The first-order valence-corrected chi connectivity index (χ1v) is 11.6. The average molecular weight is 331 g/mol. The normalized spacial score (nSPS) is 43.8. The van der Waals surface area contributed by atoms with Crippen molar-refractivity contribution in [3.05, 3.63) is 0 Å². The minimum atomic E-state index is 0.606. The second kappa shape index (κ2) is 7.32. The van der Waals surface area contributed by atoms with Gasteiger partial charge in [-0.3, -0.25) is 0 Å². The third-order valence-electron chi connectivity index (χ3n) is 9.11. The van der Waals surface area contributed by atoms with Crippen LogP contribution in [0.15, 0.2) is 0 Å². The third-order valence-corrected chi connectivity index (χ3v) is 9.11. The van der Waals surface area contributed by atoms with Crippen LogP contribution in [-0.2, 0) is 0 Å². The Labute approximate surface area is 151 Å². The third kappa shape index (κ3) is 3.73. The SMILES string of the molecule is CC(C)(CC1CCC2CCCCC2C1)C1CCC2CCCCC2C1. The summed E-state index contributed by atoms with van der Waals surface area (Å²) in [5.41, 5.74) is 0.606. The predicted octanol–water partition coefficient (Wildman–Crippen LogP) is 7.62. The van der Waals surface area contributed by atoms with Crippen LogP contribution >= 0.6 is 0 Å². The number of hydrogen-bond acceptors (Lipinski definition) is 0. The molecule has 138 valence electrons. The molecule has 4 aliphatic carbocycles. The molecule has 0 bridgehead atoms. The van der Waals surface area contributed by atoms with Crippen LogP contribution in [-0.4, -0.2) is 0 Å². The highest BCUT2D eigenvalue weighted by atomic mass is 14.5. The molecule has 24 heavy (non-hydrogen) atoms. The van der Waals surface area contributed by atoms with Gasteiger partial charge in [0, 0.05) is 0 Å². The van der Waals surface area contributed by atoms with Crippen molar-refractivity contribution in [3.8, 4) is 0 Å². The highest BCUT2D eigenvalue weighted by Crippen LogP contribution is 2.52. The molecule has 4 saturated carbocycles. The van der Waals surface area contributed by atoms with E-state index in [4.69, 9.17) is 0 Å². The van der Waals surface area contributed by atoms with Gasteiger partial charge < -0.3 is 0 Å². The second-order valence-electron chi connectivity index (χ2n) is 11.0. The smallest absolute Gasteiger partial charge is 0.0323 e. The van der Waals surface area contributed by atoms with Crippen LogP contribution in [0, 0.1) is 40.9 Å². The van der Waals surface area contributed by atoms with E-state index in [0.717, 1.165) is 35.5 Å². The molecule has 0 heteroatoms. The van der Waals surface area contributed by atoms with Crippen molar-refractivity contribution in [1.82, 2.24) is 0 Å². The van der Waals surface area contributed by atoms with Gasteiger partial charge in [0.2, 0.25) is 0 Å². The van der Waals surface area contributed by atoms with E-state index in [1.54, 1.807) is 64.2 Å². The van der Waals surface area contributed by atoms with Gasteiger partial charge in [0.1, 0.15) is 0 Å². The van der Waals surface area contributed by atoms with Gasteiger partial charge in [-0.05, 0) is 79.4 Å². The quantitative estimate of drug-likeness (QED) is 0.499. The molecule has 6 unspecified atom stereocenters. The number of hydrogen-bond donors (Lipinski definition) is 0. The molecule has 4 fully saturated rings. The Bertz CT molecular complexity index is 408. The fraction of sp³-hybridized carbons (Fsp3) is 1.00. The molecular formula is C24H42. The van der Waals surface area contributed by atoms with Crippen LogP contribution in [0.3, 0.4) is 0 Å². The van der Waals surface area contributed by atoms with E-state index >= 15 is 0 Å². The van der Waals surface area contributed by atoms with Gasteiger partial charge in [-0.15, -0.1) is 0 Å². The van der Waals surface area contributed by atoms with E-state index < -0.39 is 0 Å². The Kier molecular flexibility index (Phi) is 5.31. The fourth-order valence-corrected chi connectivity index (χ4v) is 7.65. The Morgan fingerprint density at radius 3 is 1.79 bits per heavy atom. The van der Waals surface area contributed by atoms with E-state index in [1.807, 2.05) is 0 Å². The molecule has 0 nitrogen and oxygen atoms in total. The molecule has 0 saturated heterocycles. The molecule has 0 aromatic rings. The van der Waals surface area contributed by atoms with Crippen LogP contribution in [0.25, 0.3) is 0 Å². The Balaban J connectivity index is 1.33. The van der Waals surface area contributed by atoms with Crippen molar-refractivity contribution in [1.29, 1.82) is 0 Å². The summed E-state index contributed by atoms with van der Waals surface area (Å²) in [5.74, 6) is 6.54. The van der Waals surface area contributed by atoms with Gasteiger partial charge in [-0.2, -0.15) is 0 Å². The minimum absolute atomic E-state index is 0.606. The van der Waals surface area contributed by atoms with Gasteiger partial charge in [0.15, 0.2) is 0 Å². The molecule has 0 spiro atoms. The summed E-state index contributed by atoms with van der Waals surface area (Å²) >= 11 is 0. The highest BCUT2D eigenvalue weighted by molar-refractivity contribution is 4.92. The molecule has 0 aliphatic heterocycles. The molecule has 0 amide bonds. The van der Waals surface area contributed by atoms with Crippen molar-refractivity contribution in [3.63, 3.8) is 0 Å². The van der Waals surface area contributed by atoms with Crippen molar-refractivity contribution in [2.45, 2.75) is 110 Å². The van der Waals surface area contributed by atoms with Crippen molar-refractivity contribution in [2.75, 3.05) is 0 Å². The van der Waals surface area contributed by atoms with E-state index in [1.165, 1.54) is 32.1 Å². The molecule has 0 aromatic heterocycles. The van der Waals surface area contributed by atoms with Crippen LogP contribution < -0.4 is 0 Å². The molecule has 0 radical (unpaired) electrons. The molecule has 0 N–H and O–H groups in total. The zero-order valence-electron chi connectivity index (χ0n) is 16.6. The highest BCUT2D eigenvalue weighted by Gasteiger charge is 2.41. The monoisotopic (exact) mass is 330 g/mol. The summed E-state index contributed by atoms with van der Waals surface area (Å²) in [5, 5.41) is 0. The van der Waals surface area contributed by atoms with Gasteiger partial charge in [0.05, 0.1) is 0 Å². The Morgan fingerprint density at radius 1 is 0.583 bits per heavy atom. The zero-order valence-corrected chi connectivity index (χ0v) is 16.6. The molecular weight excluding hydrogens is 288 g/mol. The maximum atomic E-state index is 2.65. The lowest BCUT2D eigenvalue weighted by molar-refractivity contribution is 0.0316. The predicted molar refractivity (Wildman–Crippen MR) is 104 cm³/mol. The van der Waals surface area contributed by atoms with Gasteiger partial charge in [-0.1, -0.05) is 71.6 Å². The Morgan fingerprint density at radius 2 is 1.12 bits per heavy atom. The van der Waals surface area contributed by atoms with E-state index in [9.17, 15) is 0 Å². The molecule has 6 atom stereocenters. The van der Waals surface area contributed by atoms with Crippen LogP contribution in [0.2, 0.25) is 0 Å². The summed E-state index contributed by atoms with van der Waals surface area (Å²) in [4.78, 5) is 0. The van der Waals surface area contributed by atoms with Crippen molar-refractivity contribution in [2.24, 2.45) is 40.9 Å². The lowest BCUT2D eigenvalue weighted by atomic mass is 9.58. The summed E-state index contributed by atoms with van der Waals surface area (Å²) in [7, 11) is 0. The first kappa shape index (κ1) is 17.4. The minimum Gasteiger partial charge on any atom is -0.0596 e. The van der Waals surface area contributed by atoms with Crippen molar-refractivity contribution >= 4 is 0 Å². The molecule has 4 rings (SSSR count). The summed E-state index contributed by atoms with van der Waals surface area (Å²) in [6.45, 7) is 5.29. The fourth-order valence-electron chi connectivity index (χ4n) is 7.65. The summed E-state index contributed by atoms with van der Waals surface area (Å²) < 4.78 is 0. The Hall–Kier alpha value is 0. The number of rotatable bonds is 3. The van der Waals surface area contributed by atoms with Crippen molar-refractivity contribution < 1.29 is 0 Å². The average Bonchev–Trinajstić information content (AvgIpc) is 2.61. The first-order valence-electron chi connectivity index (χ1n) is 11.6. The summed E-state index contributed by atoms with van der Waals surface area (Å²) in [6.07, 6.45) is 23.3. The van der Waals surface area contributed by atoms with Gasteiger partial charge in [0.25, 0.3) is 0 Å². The van der Waals surface area contributed by atoms with Crippen LogP contribution in [0.5, 0.6) is 0 Å². The lowest BCUT2D eigenvalue weighted by Gasteiger charge is -2.48. The maximum absolute atomic E-state index is 2.65. The first-order chi connectivity index (χ1) is 11.6. The second-order valence-corrected chi connectivity index (χ2v) is 11.0.